The second kappa shape index (κ2) is 9.87. The molecule has 0 radical (unpaired) electrons. The van der Waals surface area contributed by atoms with Crippen LogP contribution < -0.4 is 4.74 Å². The van der Waals surface area contributed by atoms with Crippen LogP contribution in [0.4, 0.5) is 17.6 Å². The van der Waals surface area contributed by atoms with Crippen molar-refractivity contribution in [1.82, 2.24) is 0 Å². The highest BCUT2D eigenvalue weighted by molar-refractivity contribution is 5.86. The van der Waals surface area contributed by atoms with Gasteiger partial charge in [-0.2, -0.15) is 0 Å². The molecule has 1 aliphatic rings. The summed E-state index contributed by atoms with van der Waals surface area (Å²) >= 11 is 0. The van der Waals surface area contributed by atoms with Crippen LogP contribution >= 0.6 is 0 Å². The van der Waals surface area contributed by atoms with Gasteiger partial charge < -0.3 is 4.74 Å². The third-order valence-corrected chi connectivity index (χ3v) is 6.42. The van der Waals surface area contributed by atoms with Crippen molar-refractivity contribution in [2.24, 2.45) is 5.92 Å². The van der Waals surface area contributed by atoms with Crippen molar-refractivity contribution in [3.63, 3.8) is 0 Å². The van der Waals surface area contributed by atoms with Crippen LogP contribution in [0.15, 0.2) is 54.6 Å². The van der Waals surface area contributed by atoms with E-state index in [0.717, 1.165) is 17.5 Å². The molecule has 5 heteroatoms. The highest BCUT2D eigenvalue weighted by atomic mass is 19.4. The molecule has 1 saturated carbocycles. The molecule has 0 aromatic heterocycles. The van der Waals surface area contributed by atoms with Gasteiger partial charge in [0.15, 0.2) is 11.6 Å². The van der Waals surface area contributed by atoms with Crippen molar-refractivity contribution in [3.8, 4) is 17.6 Å². The van der Waals surface area contributed by atoms with Gasteiger partial charge in [-0.1, -0.05) is 55.9 Å². The van der Waals surface area contributed by atoms with E-state index in [0.29, 0.717) is 16.9 Å². The molecule has 0 atom stereocenters. The van der Waals surface area contributed by atoms with Crippen LogP contribution in [0.3, 0.4) is 0 Å². The van der Waals surface area contributed by atoms with Crippen LogP contribution in [0.1, 0.15) is 68.1 Å². The van der Waals surface area contributed by atoms with Crippen LogP contribution in [-0.2, 0) is 0 Å². The van der Waals surface area contributed by atoms with Gasteiger partial charge in [-0.15, -0.1) is 13.2 Å². The Balaban J connectivity index is 1.45. The number of alkyl halides is 3. The molecule has 0 amide bonds. The highest BCUT2D eigenvalue weighted by Gasteiger charge is 2.32. The minimum atomic E-state index is -4.94. The molecule has 33 heavy (non-hydrogen) atoms. The van der Waals surface area contributed by atoms with Crippen molar-refractivity contribution in [2.75, 3.05) is 0 Å². The van der Waals surface area contributed by atoms with Gasteiger partial charge in [-0.25, -0.2) is 4.39 Å². The number of fused-ring (bicyclic) bond motifs is 1. The van der Waals surface area contributed by atoms with Crippen LogP contribution in [0, 0.1) is 23.6 Å². The molecule has 1 fully saturated rings. The lowest BCUT2D eigenvalue weighted by molar-refractivity contribution is -0.275. The average Bonchev–Trinajstić information content (AvgIpc) is 2.80. The van der Waals surface area contributed by atoms with E-state index in [1.807, 2.05) is 12.1 Å². The van der Waals surface area contributed by atoms with E-state index in [9.17, 15) is 17.6 Å². The summed E-state index contributed by atoms with van der Waals surface area (Å²) in [5.41, 5.74) is 2.91. The van der Waals surface area contributed by atoms with Crippen molar-refractivity contribution in [1.29, 1.82) is 0 Å². The van der Waals surface area contributed by atoms with Crippen LogP contribution in [0.5, 0.6) is 5.75 Å². The first-order valence-corrected chi connectivity index (χ1v) is 11.4. The van der Waals surface area contributed by atoms with Gasteiger partial charge >= 0.3 is 6.36 Å². The van der Waals surface area contributed by atoms with Gasteiger partial charge in [0, 0.05) is 16.5 Å². The predicted molar refractivity (Wildman–Crippen MR) is 123 cm³/mol. The van der Waals surface area contributed by atoms with E-state index in [1.165, 1.54) is 56.2 Å². The van der Waals surface area contributed by atoms with Gasteiger partial charge in [-0.3, -0.25) is 0 Å². The van der Waals surface area contributed by atoms with Gasteiger partial charge in [-0.05, 0) is 78.8 Å². The van der Waals surface area contributed by atoms with Crippen molar-refractivity contribution in [2.45, 2.75) is 57.7 Å². The Hall–Kier alpha value is -3.00. The zero-order valence-corrected chi connectivity index (χ0v) is 18.5. The van der Waals surface area contributed by atoms with Crippen LogP contribution in [0.25, 0.3) is 10.8 Å². The summed E-state index contributed by atoms with van der Waals surface area (Å²) < 4.78 is 55.4. The zero-order valence-electron chi connectivity index (χ0n) is 18.5. The van der Waals surface area contributed by atoms with Crippen molar-refractivity contribution in [3.05, 3.63) is 77.1 Å². The molecule has 1 aliphatic carbocycles. The maximum Gasteiger partial charge on any atom is 0.573 e. The van der Waals surface area contributed by atoms with E-state index in [2.05, 4.69) is 35.6 Å². The number of ether oxygens (including phenoxy) is 1. The Morgan fingerprint density at radius 1 is 0.879 bits per heavy atom. The molecule has 1 nitrogen and oxygen atoms in total. The SMILES string of the molecule is CCCC1CCC(c2ccc(C#Cc3ccc4c(F)c(OC(F)(F)F)ccc4c3)cc2)CC1. The molecule has 0 unspecified atom stereocenters. The Morgan fingerprint density at radius 3 is 2.21 bits per heavy atom. The fourth-order valence-electron chi connectivity index (χ4n) is 4.73. The molecule has 172 valence electrons. The minimum Gasteiger partial charge on any atom is -0.403 e. The fourth-order valence-corrected chi connectivity index (χ4v) is 4.73. The fraction of sp³-hybridized carbons (Fsp3) is 0.357. The van der Waals surface area contributed by atoms with E-state index < -0.39 is 17.9 Å². The van der Waals surface area contributed by atoms with Gasteiger partial charge in [0.25, 0.3) is 0 Å². The smallest absolute Gasteiger partial charge is 0.403 e. The molecule has 0 N–H and O–H groups in total. The predicted octanol–water partition coefficient (Wildman–Crippen LogP) is 8.35. The summed E-state index contributed by atoms with van der Waals surface area (Å²) in [5, 5.41) is 0.517. The Labute approximate surface area is 191 Å². The van der Waals surface area contributed by atoms with Gasteiger partial charge in [0.05, 0.1) is 0 Å². The first kappa shape index (κ1) is 23.2. The third-order valence-electron chi connectivity index (χ3n) is 6.42. The number of benzene rings is 3. The Morgan fingerprint density at radius 2 is 1.55 bits per heavy atom. The van der Waals surface area contributed by atoms with Crippen molar-refractivity contribution < 1.29 is 22.3 Å². The lowest BCUT2D eigenvalue weighted by Gasteiger charge is -2.28. The third kappa shape index (κ3) is 5.87. The summed E-state index contributed by atoms with van der Waals surface area (Å²) in [6.07, 6.45) is 2.79. The van der Waals surface area contributed by atoms with E-state index in [-0.39, 0.29) is 5.39 Å². The molecular formula is C28H26F4O. The van der Waals surface area contributed by atoms with Crippen LogP contribution in [-0.4, -0.2) is 6.36 Å². The molecule has 4 rings (SSSR count). The highest BCUT2D eigenvalue weighted by Crippen LogP contribution is 2.37. The lowest BCUT2D eigenvalue weighted by Crippen LogP contribution is -2.17. The molecule has 3 aromatic carbocycles. The summed E-state index contributed by atoms with van der Waals surface area (Å²) in [6.45, 7) is 2.26. The maximum atomic E-state index is 14.4. The summed E-state index contributed by atoms with van der Waals surface area (Å²) in [5.74, 6) is 5.81. The van der Waals surface area contributed by atoms with Gasteiger partial charge in [0.1, 0.15) is 0 Å². The Bertz CT molecular complexity index is 1160. The van der Waals surface area contributed by atoms with Crippen LogP contribution in [0.2, 0.25) is 0 Å². The number of hydrogen-bond acceptors (Lipinski definition) is 1. The number of rotatable bonds is 4. The quantitative estimate of drug-likeness (QED) is 0.284. The van der Waals surface area contributed by atoms with Gasteiger partial charge in [0.2, 0.25) is 0 Å². The second-order valence-electron chi connectivity index (χ2n) is 8.74. The number of hydrogen-bond donors (Lipinski definition) is 0. The van der Waals surface area contributed by atoms with E-state index in [4.69, 9.17) is 0 Å². The topological polar surface area (TPSA) is 9.23 Å². The largest absolute Gasteiger partial charge is 0.573 e. The minimum absolute atomic E-state index is 0.0558. The average molecular weight is 455 g/mol. The zero-order chi connectivity index (χ0) is 23.4. The molecule has 0 aliphatic heterocycles. The molecule has 0 bridgehead atoms. The molecule has 0 saturated heterocycles. The number of halogens is 4. The molecule has 0 heterocycles. The monoisotopic (exact) mass is 454 g/mol. The molecular weight excluding hydrogens is 428 g/mol. The van der Waals surface area contributed by atoms with E-state index >= 15 is 0 Å². The van der Waals surface area contributed by atoms with E-state index in [1.54, 1.807) is 12.1 Å². The summed E-state index contributed by atoms with van der Waals surface area (Å²) in [7, 11) is 0. The summed E-state index contributed by atoms with van der Waals surface area (Å²) in [4.78, 5) is 0. The van der Waals surface area contributed by atoms with Crippen molar-refractivity contribution >= 4 is 10.8 Å². The second-order valence-corrected chi connectivity index (χ2v) is 8.74. The molecule has 0 spiro atoms. The normalized spacial score (nSPS) is 18.6. The first-order chi connectivity index (χ1) is 15.8. The Kier molecular flexibility index (Phi) is 6.93. The first-order valence-electron chi connectivity index (χ1n) is 11.4. The summed E-state index contributed by atoms with van der Waals surface area (Å²) in [6, 6.07) is 15.4. The molecule has 3 aromatic rings. The lowest BCUT2D eigenvalue weighted by atomic mass is 9.77. The standard InChI is InChI=1S/C28H26F4O/c1-2-3-19-6-11-22(12-7-19)23-13-8-20(9-14-23)4-5-21-10-16-25-24(18-21)15-17-26(27(25)29)33-28(30,31)32/h8-10,13-19,22H,2-3,6-7,11-12H2,1H3. The maximum absolute atomic E-state index is 14.4.